The second-order valence-corrected chi connectivity index (χ2v) is 5.17. The largest absolute Gasteiger partial charge is 0.397 e. The normalized spacial score (nSPS) is 12.0. The number of amides is 1. The second-order valence-electron chi connectivity index (χ2n) is 5.17. The van der Waals surface area contributed by atoms with E-state index in [0.29, 0.717) is 17.9 Å². The molecular weight excluding hydrogens is 281 g/mol. The van der Waals surface area contributed by atoms with Crippen molar-refractivity contribution < 1.29 is 9.18 Å². The molecule has 1 aromatic carbocycles. The van der Waals surface area contributed by atoms with Gasteiger partial charge in [-0.25, -0.2) is 4.39 Å². The molecule has 2 rings (SSSR count). The number of nitrogens with zero attached hydrogens (tertiary/aromatic N) is 2. The first kappa shape index (κ1) is 15.9. The van der Waals surface area contributed by atoms with Crippen molar-refractivity contribution in [2.45, 2.75) is 26.3 Å². The van der Waals surface area contributed by atoms with Gasteiger partial charge in [-0.2, -0.15) is 0 Å². The van der Waals surface area contributed by atoms with Crippen LogP contribution in [-0.4, -0.2) is 22.3 Å². The van der Waals surface area contributed by atoms with Crippen LogP contribution in [0.25, 0.3) is 0 Å². The molecule has 0 radical (unpaired) electrons. The van der Waals surface area contributed by atoms with Crippen molar-refractivity contribution in [3.63, 3.8) is 0 Å². The van der Waals surface area contributed by atoms with E-state index in [9.17, 15) is 9.18 Å². The number of carbonyl (C=O) groups excluding carboxylic acids is 1. The molecule has 0 spiro atoms. The Hall–Kier alpha value is -2.43. The molecule has 2 aromatic rings. The van der Waals surface area contributed by atoms with Gasteiger partial charge in [0, 0.05) is 12.2 Å². The molecule has 0 fully saturated rings. The van der Waals surface area contributed by atoms with Gasteiger partial charge in [-0.3, -0.25) is 9.78 Å². The SMILES string of the molecule is CCN(C(=O)Cc1ccc(N)cn1)C(C)c1ccc(F)cc1. The summed E-state index contributed by atoms with van der Waals surface area (Å²) in [5.74, 6) is -0.298. The molecule has 0 bridgehead atoms. The Morgan fingerprint density at radius 3 is 2.50 bits per heavy atom. The van der Waals surface area contributed by atoms with Crippen LogP contribution in [0.4, 0.5) is 10.1 Å². The minimum Gasteiger partial charge on any atom is -0.397 e. The van der Waals surface area contributed by atoms with Gasteiger partial charge in [0.1, 0.15) is 5.82 Å². The minimum absolute atomic E-state index is 0.0170. The predicted molar refractivity (Wildman–Crippen MR) is 84.6 cm³/mol. The van der Waals surface area contributed by atoms with Crippen LogP contribution < -0.4 is 5.73 Å². The number of hydrogen-bond donors (Lipinski definition) is 1. The van der Waals surface area contributed by atoms with Crippen LogP contribution in [0.15, 0.2) is 42.6 Å². The summed E-state index contributed by atoms with van der Waals surface area (Å²) in [4.78, 5) is 18.4. The van der Waals surface area contributed by atoms with Crippen molar-refractivity contribution in [1.82, 2.24) is 9.88 Å². The fraction of sp³-hybridized carbons (Fsp3) is 0.294. The maximum absolute atomic E-state index is 13.0. The summed E-state index contributed by atoms with van der Waals surface area (Å²) in [6.45, 7) is 4.44. The topological polar surface area (TPSA) is 59.2 Å². The zero-order valence-electron chi connectivity index (χ0n) is 12.8. The van der Waals surface area contributed by atoms with E-state index in [1.54, 1.807) is 35.4 Å². The van der Waals surface area contributed by atoms with E-state index in [1.807, 2.05) is 13.8 Å². The van der Waals surface area contributed by atoms with Gasteiger partial charge in [-0.15, -0.1) is 0 Å². The van der Waals surface area contributed by atoms with Gasteiger partial charge < -0.3 is 10.6 Å². The molecule has 5 heteroatoms. The predicted octanol–water partition coefficient (Wildman–Crippen LogP) is 2.96. The Bertz CT molecular complexity index is 625. The van der Waals surface area contributed by atoms with Crippen LogP contribution in [0, 0.1) is 5.82 Å². The summed E-state index contributed by atoms with van der Waals surface area (Å²) < 4.78 is 13.0. The highest BCUT2D eigenvalue weighted by atomic mass is 19.1. The van der Waals surface area contributed by atoms with Crippen LogP contribution in [0.2, 0.25) is 0 Å². The van der Waals surface area contributed by atoms with E-state index in [4.69, 9.17) is 5.73 Å². The number of aromatic nitrogens is 1. The van der Waals surface area contributed by atoms with Gasteiger partial charge in [-0.1, -0.05) is 12.1 Å². The van der Waals surface area contributed by atoms with Gasteiger partial charge in [0.2, 0.25) is 5.91 Å². The zero-order valence-corrected chi connectivity index (χ0v) is 12.8. The molecule has 4 nitrogen and oxygen atoms in total. The second kappa shape index (κ2) is 7.02. The number of benzene rings is 1. The van der Waals surface area contributed by atoms with Gasteiger partial charge in [-0.05, 0) is 43.7 Å². The number of nitrogens with two attached hydrogens (primary N) is 1. The molecule has 1 atom stereocenters. The molecule has 1 heterocycles. The van der Waals surface area contributed by atoms with E-state index < -0.39 is 0 Å². The molecule has 1 aromatic heterocycles. The standard InChI is InChI=1S/C17H20FN3O/c1-3-21(12(2)13-4-6-14(18)7-5-13)17(22)10-16-9-8-15(19)11-20-16/h4-9,11-12H,3,10,19H2,1-2H3. The van der Waals surface area contributed by atoms with E-state index >= 15 is 0 Å². The lowest BCUT2D eigenvalue weighted by molar-refractivity contribution is -0.132. The van der Waals surface area contributed by atoms with E-state index in [-0.39, 0.29) is 24.2 Å². The van der Waals surface area contributed by atoms with Crippen LogP contribution in [0.5, 0.6) is 0 Å². The number of pyridine rings is 1. The van der Waals surface area contributed by atoms with Crippen molar-refractivity contribution in [2.75, 3.05) is 12.3 Å². The van der Waals surface area contributed by atoms with Crippen LogP contribution in [0.3, 0.4) is 0 Å². The summed E-state index contributed by atoms with van der Waals surface area (Å²) >= 11 is 0. The Balaban J connectivity index is 2.10. The third-order valence-corrected chi connectivity index (χ3v) is 3.66. The number of halogens is 1. The fourth-order valence-corrected chi connectivity index (χ4v) is 2.38. The van der Waals surface area contributed by atoms with Crippen molar-refractivity contribution in [3.8, 4) is 0 Å². The third kappa shape index (κ3) is 3.81. The Labute approximate surface area is 129 Å². The van der Waals surface area contributed by atoms with Crippen LogP contribution in [-0.2, 0) is 11.2 Å². The highest BCUT2D eigenvalue weighted by Crippen LogP contribution is 2.21. The summed E-state index contributed by atoms with van der Waals surface area (Å²) in [5.41, 5.74) is 7.75. The lowest BCUT2D eigenvalue weighted by atomic mass is 10.1. The van der Waals surface area contributed by atoms with Crippen LogP contribution in [0.1, 0.15) is 31.1 Å². The highest BCUT2D eigenvalue weighted by molar-refractivity contribution is 5.78. The Morgan fingerprint density at radius 2 is 1.95 bits per heavy atom. The average molecular weight is 301 g/mol. The van der Waals surface area contributed by atoms with Crippen molar-refractivity contribution in [3.05, 3.63) is 59.7 Å². The molecule has 1 amide bonds. The lowest BCUT2D eigenvalue weighted by Gasteiger charge is -2.28. The zero-order chi connectivity index (χ0) is 16.1. The minimum atomic E-state index is -0.281. The maximum atomic E-state index is 13.0. The molecule has 0 saturated heterocycles. The van der Waals surface area contributed by atoms with E-state index in [0.717, 1.165) is 5.56 Å². The quantitative estimate of drug-likeness (QED) is 0.923. The van der Waals surface area contributed by atoms with Crippen LogP contribution >= 0.6 is 0 Å². The monoisotopic (exact) mass is 301 g/mol. The highest BCUT2D eigenvalue weighted by Gasteiger charge is 2.20. The van der Waals surface area contributed by atoms with Crippen molar-refractivity contribution >= 4 is 11.6 Å². The molecular formula is C17H20FN3O. The number of hydrogen-bond acceptors (Lipinski definition) is 3. The summed E-state index contributed by atoms with van der Waals surface area (Å²) in [6, 6.07) is 9.59. The summed E-state index contributed by atoms with van der Waals surface area (Å²) in [6.07, 6.45) is 1.77. The molecule has 22 heavy (non-hydrogen) atoms. The number of nitrogen functional groups attached to an aromatic ring is 1. The first-order valence-electron chi connectivity index (χ1n) is 7.26. The summed E-state index contributed by atoms with van der Waals surface area (Å²) in [5, 5.41) is 0. The number of rotatable bonds is 5. The van der Waals surface area contributed by atoms with Gasteiger partial charge in [0.25, 0.3) is 0 Å². The number of carbonyl (C=O) groups is 1. The molecule has 1 unspecified atom stereocenters. The fourth-order valence-electron chi connectivity index (χ4n) is 2.38. The lowest BCUT2D eigenvalue weighted by Crippen LogP contribution is -2.34. The average Bonchev–Trinajstić information content (AvgIpc) is 2.51. The molecule has 0 aliphatic carbocycles. The van der Waals surface area contributed by atoms with Gasteiger partial charge in [0.05, 0.1) is 24.3 Å². The number of anilines is 1. The Kier molecular flexibility index (Phi) is 5.09. The maximum Gasteiger partial charge on any atom is 0.229 e. The summed E-state index contributed by atoms with van der Waals surface area (Å²) in [7, 11) is 0. The van der Waals surface area contributed by atoms with Gasteiger partial charge in [0.15, 0.2) is 0 Å². The Morgan fingerprint density at radius 1 is 1.27 bits per heavy atom. The molecule has 0 saturated carbocycles. The first-order valence-corrected chi connectivity index (χ1v) is 7.26. The number of likely N-dealkylation sites (N-methyl/N-ethyl adjacent to an activating group) is 1. The van der Waals surface area contributed by atoms with E-state index in [2.05, 4.69) is 4.98 Å². The molecule has 0 aliphatic rings. The van der Waals surface area contributed by atoms with Crippen molar-refractivity contribution in [2.24, 2.45) is 0 Å². The third-order valence-electron chi connectivity index (χ3n) is 3.66. The first-order chi connectivity index (χ1) is 10.5. The van der Waals surface area contributed by atoms with Gasteiger partial charge >= 0.3 is 0 Å². The molecule has 116 valence electrons. The van der Waals surface area contributed by atoms with E-state index in [1.165, 1.54) is 12.1 Å². The molecule has 0 aliphatic heterocycles. The smallest absolute Gasteiger partial charge is 0.229 e. The molecule has 2 N–H and O–H groups in total. The van der Waals surface area contributed by atoms with Crippen molar-refractivity contribution in [1.29, 1.82) is 0 Å².